The number of ether oxygens (including phenoxy) is 1. The van der Waals surface area contributed by atoms with Gasteiger partial charge in [0.15, 0.2) is 0 Å². The van der Waals surface area contributed by atoms with Crippen molar-refractivity contribution < 1.29 is 14.5 Å². The standard InChI is InChI=1S/C12H15ClN2O4/c1-3-14(8-7-11(16)19-2)10-6-4-5-9(13)12(10)15(17)18/h4-6H,3,7-8H2,1-2H3. The van der Waals surface area contributed by atoms with Crippen molar-refractivity contribution in [3.63, 3.8) is 0 Å². The van der Waals surface area contributed by atoms with Crippen LogP contribution >= 0.6 is 11.6 Å². The Morgan fingerprint density at radius 2 is 2.21 bits per heavy atom. The number of methoxy groups -OCH3 is 1. The van der Waals surface area contributed by atoms with Crippen molar-refractivity contribution in [3.8, 4) is 0 Å². The second kappa shape index (κ2) is 6.94. The molecule has 0 atom stereocenters. The number of carbonyl (C=O) groups excluding carboxylic acids is 1. The molecule has 6 nitrogen and oxygen atoms in total. The van der Waals surface area contributed by atoms with Gasteiger partial charge in [-0.15, -0.1) is 0 Å². The van der Waals surface area contributed by atoms with E-state index in [9.17, 15) is 14.9 Å². The number of nitrogens with zero attached hydrogens (tertiary/aromatic N) is 2. The molecule has 0 aliphatic rings. The number of hydrogen-bond acceptors (Lipinski definition) is 5. The van der Waals surface area contributed by atoms with E-state index in [4.69, 9.17) is 11.6 Å². The molecule has 0 spiro atoms. The van der Waals surface area contributed by atoms with Gasteiger partial charge >= 0.3 is 11.7 Å². The summed E-state index contributed by atoms with van der Waals surface area (Å²) < 4.78 is 4.56. The lowest BCUT2D eigenvalue weighted by atomic mass is 10.2. The van der Waals surface area contributed by atoms with Crippen LogP contribution in [0.25, 0.3) is 0 Å². The second-order valence-electron chi connectivity index (χ2n) is 3.77. The molecule has 0 amide bonds. The van der Waals surface area contributed by atoms with E-state index in [0.29, 0.717) is 18.8 Å². The van der Waals surface area contributed by atoms with Crippen molar-refractivity contribution in [1.82, 2.24) is 0 Å². The molecule has 7 heteroatoms. The summed E-state index contributed by atoms with van der Waals surface area (Å²) in [6.45, 7) is 2.71. The highest BCUT2D eigenvalue weighted by atomic mass is 35.5. The highest BCUT2D eigenvalue weighted by Gasteiger charge is 2.22. The molecule has 0 aromatic heterocycles. The molecule has 0 unspecified atom stereocenters. The van der Waals surface area contributed by atoms with Gasteiger partial charge in [-0.1, -0.05) is 17.7 Å². The fourth-order valence-corrected chi connectivity index (χ4v) is 1.96. The minimum atomic E-state index is -0.515. The maximum Gasteiger partial charge on any atom is 0.310 e. The molecule has 1 aromatic rings. The minimum Gasteiger partial charge on any atom is -0.469 e. The summed E-state index contributed by atoms with van der Waals surface area (Å²) in [5.74, 6) is -0.358. The van der Waals surface area contributed by atoms with Crippen LogP contribution in [-0.4, -0.2) is 31.1 Å². The minimum absolute atomic E-state index is 0.0824. The van der Waals surface area contributed by atoms with Gasteiger partial charge in [0.25, 0.3) is 0 Å². The summed E-state index contributed by atoms with van der Waals surface area (Å²) in [4.78, 5) is 23.4. The molecule has 1 rings (SSSR count). The van der Waals surface area contributed by atoms with Crippen LogP contribution in [0.1, 0.15) is 13.3 Å². The number of nitro groups is 1. The number of benzene rings is 1. The predicted octanol–water partition coefficient (Wildman–Crippen LogP) is 2.64. The van der Waals surface area contributed by atoms with Gasteiger partial charge in [0.05, 0.1) is 18.5 Å². The quantitative estimate of drug-likeness (QED) is 0.457. The number of nitro benzene ring substituents is 1. The molecule has 0 bridgehead atoms. The monoisotopic (exact) mass is 286 g/mol. The van der Waals surface area contributed by atoms with E-state index in [-0.39, 0.29) is 23.1 Å². The van der Waals surface area contributed by atoms with Crippen molar-refractivity contribution in [2.24, 2.45) is 0 Å². The zero-order chi connectivity index (χ0) is 14.4. The van der Waals surface area contributed by atoms with Crippen molar-refractivity contribution in [3.05, 3.63) is 33.3 Å². The Balaban J connectivity index is 3.01. The maximum atomic E-state index is 11.1. The van der Waals surface area contributed by atoms with Gasteiger partial charge in [-0.25, -0.2) is 0 Å². The number of halogens is 1. The number of para-hydroxylation sites is 1. The molecule has 0 N–H and O–H groups in total. The molecule has 104 valence electrons. The van der Waals surface area contributed by atoms with Crippen LogP contribution < -0.4 is 4.90 Å². The van der Waals surface area contributed by atoms with Gasteiger partial charge < -0.3 is 9.64 Å². The Labute approximate surface area is 116 Å². The smallest absolute Gasteiger partial charge is 0.310 e. The first-order valence-electron chi connectivity index (χ1n) is 5.75. The van der Waals surface area contributed by atoms with Crippen molar-refractivity contribution in [2.45, 2.75) is 13.3 Å². The zero-order valence-electron chi connectivity index (χ0n) is 10.8. The van der Waals surface area contributed by atoms with Gasteiger partial charge in [0.1, 0.15) is 10.7 Å². The lowest BCUT2D eigenvalue weighted by molar-refractivity contribution is -0.384. The average Bonchev–Trinajstić information content (AvgIpc) is 2.38. The van der Waals surface area contributed by atoms with Gasteiger partial charge in [-0.2, -0.15) is 0 Å². The van der Waals surface area contributed by atoms with Crippen LogP contribution in [0, 0.1) is 10.1 Å². The molecular formula is C12H15ClN2O4. The lowest BCUT2D eigenvalue weighted by Crippen LogP contribution is -2.26. The number of esters is 1. The molecule has 19 heavy (non-hydrogen) atoms. The number of anilines is 1. The normalized spacial score (nSPS) is 10.1. The third-order valence-corrected chi connectivity index (χ3v) is 2.99. The van der Waals surface area contributed by atoms with Crippen LogP contribution in [-0.2, 0) is 9.53 Å². The fourth-order valence-electron chi connectivity index (χ4n) is 1.72. The topological polar surface area (TPSA) is 72.7 Å². The molecular weight excluding hydrogens is 272 g/mol. The Morgan fingerprint density at radius 1 is 1.53 bits per heavy atom. The van der Waals surface area contributed by atoms with E-state index >= 15 is 0 Å². The summed E-state index contributed by atoms with van der Waals surface area (Å²) in [5, 5.41) is 11.1. The van der Waals surface area contributed by atoms with E-state index < -0.39 is 4.92 Å². The summed E-state index contributed by atoms with van der Waals surface area (Å²) in [6.07, 6.45) is 0.161. The summed E-state index contributed by atoms with van der Waals surface area (Å²) in [7, 11) is 1.31. The van der Waals surface area contributed by atoms with Crippen LogP contribution in [0.2, 0.25) is 5.02 Å². The van der Waals surface area contributed by atoms with Crippen molar-refractivity contribution in [1.29, 1.82) is 0 Å². The largest absolute Gasteiger partial charge is 0.469 e. The van der Waals surface area contributed by atoms with Crippen molar-refractivity contribution >= 4 is 28.9 Å². The van der Waals surface area contributed by atoms with E-state index in [1.54, 1.807) is 17.0 Å². The molecule has 0 aliphatic heterocycles. The number of rotatable bonds is 6. The van der Waals surface area contributed by atoms with E-state index in [2.05, 4.69) is 4.74 Å². The Kier molecular flexibility index (Phi) is 5.57. The first-order chi connectivity index (χ1) is 9.01. The highest BCUT2D eigenvalue weighted by Crippen LogP contribution is 2.34. The molecule has 0 saturated heterocycles. The molecule has 0 saturated carbocycles. The fraction of sp³-hybridized carbons (Fsp3) is 0.417. The molecule has 0 fully saturated rings. The van der Waals surface area contributed by atoms with Crippen molar-refractivity contribution in [2.75, 3.05) is 25.1 Å². The summed E-state index contributed by atoms with van der Waals surface area (Å²) >= 11 is 5.86. The second-order valence-corrected chi connectivity index (χ2v) is 4.18. The van der Waals surface area contributed by atoms with Gasteiger partial charge in [0, 0.05) is 13.1 Å². The Hall–Kier alpha value is -1.82. The third kappa shape index (κ3) is 3.82. The van der Waals surface area contributed by atoms with Gasteiger partial charge in [-0.3, -0.25) is 14.9 Å². The number of hydrogen-bond donors (Lipinski definition) is 0. The van der Waals surface area contributed by atoms with E-state index in [1.165, 1.54) is 13.2 Å². The van der Waals surface area contributed by atoms with E-state index in [0.717, 1.165) is 0 Å². The SMILES string of the molecule is CCN(CCC(=O)OC)c1cccc(Cl)c1[N+](=O)[O-]. The molecule has 0 aliphatic carbocycles. The lowest BCUT2D eigenvalue weighted by Gasteiger charge is -2.22. The average molecular weight is 287 g/mol. The van der Waals surface area contributed by atoms with Crippen LogP contribution in [0.4, 0.5) is 11.4 Å². The first kappa shape index (κ1) is 15.2. The third-order valence-electron chi connectivity index (χ3n) is 2.68. The van der Waals surface area contributed by atoms with Crippen LogP contribution in [0.3, 0.4) is 0 Å². The predicted molar refractivity (Wildman–Crippen MR) is 72.6 cm³/mol. The zero-order valence-corrected chi connectivity index (χ0v) is 11.5. The Morgan fingerprint density at radius 3 is 2.74 bits per heavy atom. The van der Waals surface area contributed by atoms with Crippen LogP contribution in [0.5, 0.6) is 0 Å². The van der Waals surface area contributed by atoms with Crippen LogP contribution in [0.15, 0.2) is 18.2 Å². The van der Waals surface area contributed by atoms with Gasteiger partial charge in [-0.05, 0) is 19.1 Å². The maximum absolute atomic E-state index is 11.1. The Bertz CT molecular complexity index is 479. The number of carbonyl (C=O) groups is 1. The molecule has 1 aromatic carbocycles. The van der Waals surface area contributed by atoms with E-state index in [1.807, 2.05) is 6.92 Å². The highest BCUT2D eigenvalue weighted by molar-refractivity contribution is 6.33. The van der Waals surface area contributed by atoms with Gasteiger partial charge in [0.2, 0.25) is 0 Å². The molecule has 0 radical (unpaired) electrons. The molecule has 0 heterocycles. The summed E-state index contributed by atoms with van der Waals surface area (Å²) in [6, 6.07) is 4.73. The first-order valence-corrected chi connectivity index (χ1v) is 6.13. The summed E-state index contributed by atoms with van der Waals surface area (Å²) in [5.41, 5.74) is 0.264.